The number of aryl methyl sites for hydroxylation is 1. The Morgan fingerprint density at radius 3 is 2.40 bits per heavy atom. The largest absolute Gasteiger partial charge is 0.369 e. The molecule has 3 aromatic carbocycles. The highest BCUT2D eigenvalue weighted by atomic mass is 35.5. The minimum atomic E-state index is 0.131. The van der Waals surface area contributed by atoms with E-state index in [0.29, 0.717) is 0 Å². The van der Waals surface area contributed by atoms with Gasteiger partial charge in [-0.1, -0.05) is 35.9 Å². The zero-order chi connectivity index (χ0) is 23.9. The molecule has 2 fully saturated rings. The van der Waals surface area contributed by atoms with E-state index in [0.717, 1.165) is 88.3 Å². The Hall–Kier alpha value is -3.21. The van der Waals surface area contributed by atoms with Gasteiger partial charge in [-0.3, -0.25) is 9.78 Å². The molecule has 0 radical (unpaired) electrons. The summed E-state index contributed by atoms with van der Waals surface area (Å²) in [5.41, 5.74) is 8.13. The van der Waals surface area contributed by atoms with Crippen molar-refractivity contribution in [2.24, 2.45) is 5.92 Å². The molecule has 176 valence electrons. The molecule has 0 amide bonds. The third-order valence-electron chi connectivity index (χ3n) is 7.10. The van der Waals surface area contributed by atoms with Crippen LogP contribution in [0.25, 0.3) is 33.2 Å². The molecule has 1 saturated heterocycles. The Bertz CT molecular complexity index is 1400. The molecule has 35 heavy (non-hydrogen) atoms. The molecule has 4 nitrogen and oxygen atoms in total. The minimum Gasteiger partial charge on any atom is -0.369 e. The van der Waals surface area contributed by atoms with E-state index < -0.39 is 0 Å². The number of fused-ring (bicyclic) bond motifs is 1. The lowest BCUT2D eigenvalue weighted by Crippen LogP contribution is -2.43. The summed E-state index contributed by atoms with van der Waals surface area (Å²) in [4.78, 5) is 20.4. The number of carbonyl (C=O) groups is 1. The van der Waals surface area contributed by atoms with Gasteiger partial charge >= 0.3 is 0 Å². The van der Waals surface area contributed by atoms with E-state index in [2.05, 4.69) is 59.6 Å². The monoisotopic (exact) mass is 481 g/mol. The number of hydrogen-bond acceptors (Lipinski definition) is 4. The molecule has 1 aliphatic carbocycles. The molecule has 0 bridgehead atoms. The number of halogens is 1. The van der Waals surface area contributed by atoms with Crippen molar-refractivity contribution in [1.29, 1.82) is 0 Å². The first-order valence-corrected chi connectivity index (χ1v) is 12.8. The van der Waals surface area contributed by atoms with Crippen molar-refractivity contribution in [1.82, 2.24) is 10.3 Å². The van der Waals surface area contributed by atoms with Crippen molar-refractivity contribution >= 4 is 34.0 Å². The maximum atomic E-state index is 13.3. The molecular formula is C30H28ClN3O. The fourth-order valence-electron chi connectivity index (χ4n) is 5.10. The quantitative estimate of drug-likeness (QED) is 0.329. The number of anilines is 1. The van der Waals surface area contributed by atoms with E-state index in [-0.39, 0.29) is 11.7 Å². The number of pyridine rings is 1. The molecule has 1 aromatic heterocycles. The van der Waals surface area contributed by atoms with Crippen LogP contribution in [-0.2, 0) is 0 Å². The predicted molar refractivity (Wildman–Crippen MR) is 144 cm³/mol. The highest BCUT2D eigenvalue weighted by Crippen LogP contribution is 2.40. The van der Waals surface area contributed by atoms with E-state index in [9.17, 15) is 4.79 Å². The lowest BCUT2D eigenvalue weighted by atomic mass is 9.91. The molecule has 0 unspecified atom stereocenters. The first-order chi connectivity index (χ1) is 17.1. The lowest BCUT2D eigenvalue weighted by molar-refractivity contribution is 0.0968. The zero-order valence-electron chi connectivity index (χ0n) is 19.9. The van der Waals surface area contributed by atoms with Crippen molar-refractivity contribution in [2.45, 2.75) is 19.8 Å². The molecule has 6 rings (SSSR count). The van der Waals surface area contributed by atoms with Crippen LogP contribution >= 0.6 is 11.6 Å². The van der Waals surface area contributed by atoms with Gasteiger partial charge in [-0.05, 0) is 78.4 Å². The van der Waals surface area contributed by atoms with Crippen LogP contribution in [0, 0.1) is 12.8 Å². The maximum Gasteiger partial charge on any atom is 0.168 e. The number of carbonyl (C=O) groups excluding carboxylic acids is 1. The van der Waals surface area contributed by atoms with Crippen LogP contribution in [0.2, 0.25) is 5.02 Å². The van der Waals surface area contributed by atoms with Crippen LogP contribution in [-0.4, -0.2) is 36.9 Å². The molecular weight excluding hydrogens is 454 g/mol. The van der Waals surface area contributed by atoms with Crippen molar-refractivity contribution in [3.63, 3.8) is 0 Å². The Balaban J connectivity index is 1.50. The van der Waals surface area contributed by atoms with Crippen LogP contribution < -0.4 is 10.2 Å². The summed E-state index contributed by atoms with van der Waals surface area (Å²) in [7, 11) is 0. The Morgan fingerprint density at radius 1 is 0.943 bits per heavy atom. The van der Waals surface area contributed by atoms with E-state index in [1.165, 1.54) is 5.69 Å². The molecule has 2 aliphatic rings. The average Bonchev–Trinajstić information content (AvgIpc) is 3.73. The third kappa shape index (κ3) is 4.44. The number of hydrogen-bond donors (Lipinski definition) is 1. The molecule has 4 aromatic rings. The number of nitrogens with zero attached hydrogens (tertiary/aromatic N) is 2. The van der Waals surface area contributed by atoms with Gasteiger partial charge in [0.2, 0.25) is 0 Å². The highest BCUT2D eigenvalue weighted by Gasteiger charge is 2.32. The summed E-state index contributed by atoms with van der Waals surface area (Å²) in [5, 5.41) is 5.13. The maximum absolute atomic E-state index is 13.3. The fraction of sp³-hybridized carbons (Fsp3) is 0.267. The molecule has 5 heteroatoms. The van der Waals surface area contributed by atoms with E-state index >= 15 is 0 Å². The smallest absolute Gasteiger partial charge is 0.168 e. The van der Waals surface area contributed by atoms with Gasteiger partial charge in [-0.25, -0.2) is 0 Å². The number of piperazine rings is 1. The SMILES string of the molecule is Cc1cc(Cl)cc(-c2ccc3ncc(C(=O)C4CC4)c(-c4ccc(N5CCNCC5)cc4)c3c2)c1. The van der Waals surface area contributed by atoms with Gasteiger partial charge in [0, 0.05) is 65.5 Å². The average molecular weight is 482 g/mol. The van der Waals surface area contributed by atoms with Gasteiger partial charge in [0.1, 0.15) is 0 Å². The zero-order valence-corrected chi connectivity index (χ0v) is 20.6. The van der Waals surface area contributed by atoms with Crippen molar-refractivity contribution in [3.8, 4) is 22.3 Å². The summed E-state index contributed by atoms with van der Waals surface area (Å²) in [6, 6.07) is 21.1. The number of nitrogens with one attached hydrogen (secondary N) is 1. The second-order valence-electron chi connectivity index (χ2n) is 9.72. The summed E-state index contributed by atoms with van der Waals surface area (Å²) >= 11 is 6.37. The van der Waals surface area contributed by atoms with Crippen LogP contribution in [0.4, 0.5) is 5.69 Å². The predicted octanol–water partition coefficient (Wildman–Crippen LogP) is 6.53. The molecule has 1 N–H and O–H groups in total. The van der Waals surface area contributed by atoms with Gasteiger partial charge < -0.3 is 10.2 Å². The summed E-state index contributed by atoms with van der Waals surface area (Å²) in [6.07, 6.45) is 3.73. The van der Waals surface area contributed by atoms with E-state index in [1.807, 2.05) is 18.2 Å². The second-order valence-corrected chi connectivity index (χ2v) is 10.2. The normalized spacial score (nSPS) is 16.0. The van der Waals surface area contributed by atoms with Crippen LogP contribution in [0.1, 0.15) is 28.8 Å². The van der Waals surface area contributed by atoms with Crippen molar-refractivity contribution in [3.05, 3.63) is 83.0 Å². The van der Waals surface area contributed by atoms with E-state index in [1.54, 1.807) is 6.20 Å². The molecule has 0 atom stereocenters. The molecule has 1 aliphatic heterocycles. The number of aromatic nitrogens is 1. The van der Waals surface area contributed by atoms with Gasteiger partial charge in [-0.2, -0.15) is 0 Å². The fourth-order valence-corrected chi connectivity index (χ4v) is 5.39. The Morgan fingerprint density at radius 2 is 1.69 bits per heavy atom. The standard InChI is InChI=1S/C30H28ClN3O/c1-19-14-23(16-24(31)15-19)22-6-9-28-26(17-22)29(27(18-33-28)30(35)21-2-3-21)20-4-7-25(8-5-20)34-12-10-32-11-13-34/h4-9,14-18,21,32H,2-3,10-13H2,1H3. The van der Waals surface area contributed by atoms with Crippen LogP contribution in [0.3, 0.4) is 0 Å². The number of ketones is 1. The minimum absolute atomic E-state index is 0.131. The summed E-state index contributed by atoms with van der Waals surface area (Å²) in [5.74, 6) is 0.344. The highest BCUT2D eigenvalue weighted by molar-refractivity contribution is 6.31. The summed E-state index contributed by atoms with van der Waals surface area (Å²) < 4.78 is 0. The first-order valence-electron chi connectivity index (χ1n) is 12.4. The third-order valence-corrected chi connectivity index (χ3v) is 7.31. The summed E-state index contributed by atoms with van der Waals surface area (Å²) in [6.45, 7) is 6.07. The number of Topliss-reactive ketones (excluding diaryl/α,β-unsaturated/α-hetero) is 1. The van der Waals surface area contributed by atoms with Gasteiger partial charge in [-0.15, -0.1) is 0 Å². The molecule has 2 heterocycles. The van der Waals surface area contributed by atoms with Crippen LogP contribution in [0.5, 0.6) is 0 Å². The molecule has 1 saturated carbocycles. The lowest BCUT2D eigenvalue weighted by Gasteiger charge is -2.29. The van der Waals surface area contributed by atoms with E-state index in [4.69, 9.17) is 16.6 Å². The Kier molecular flexibility index (Phi) is 5.79. The van der Waals surface area contributed by atoms with Gasteiger partial charge in [0.15, 0.2) is 5.78 Å². The second kappa shape index (κ2) is 9.10. The number of benzene rings is 3. The Labute approximate surface area is 210 Å². The van der Waals surface area contributed by atoms with Crippen LogP contribution in [0.15, 0.2) is 66.9 Å². The topological polar surface area (TPSA) is 45.2 Å². The molecule has 0 spiro atoms. The number of rotatable bonds is 5. The van der Waals surface area contributed by atoms with Crippen molar-refractivity contribution in [2.75, 3.05) is 31.1 Å². The van der Waals surface area contributed by atoms with Gasteiger partial charge in [0.05, 0.1) is 5.52 Å². The van der Waals surface area contributed by atoms with Gasteiger partial charge in [0.25, 0.3) is 0 Å². The first kappa shape index (κ1) is 22.3. The van der Waals surface area contributed by atoms with Crippen molar-refractivity contribution < 1.29 is 4.79 Å².